The van der Waals surface area contributed by atoms with E-state index in [9.17, 15) is 18.4 Å². The van der Waals surface area contributed by atoms with Gasteiger partial charge in [0.25, 0.3) is 0 Å². The van der Waals surface area contributed by atoms with E-state index in [1.807, 2.05) is 6.07 Å². The number of hydrogen-bond donors (Lipinski definition) is 1. The van der Waals surface area contributed by atoms with Gasteiger partial charge in [0.05, 0.1) is 12.6 Å². The van der Waals surface area contributed by atoms with Crippen LogP contribution in [-0.4, -0.2) is 60.5 Å². The van der Waals surface area contributed by atoms with Crippen LogP contribution in [0.3, 0.4) is 0 Å². The molecule has 0 spiro atoms. The van der Waals surface area contributed by atoms with Gasteiger partial charge in [0, 0.05) is 30.4 Å². The molecule has 5 rings (SSSR count). The Morgan fingerprint density at radius 2 is 1.70 bits per heavy atom. The monoisotopic (exact) mass is 454 g/mol. The highest BCUT2D eigenvalue weighted by Crippen LogP contribution is 2.48. The number of urea groups is 1. The average molecular weight is 455 g/mol. The van der Waals surface area contributed by atoms with Gasteiger partial charge in [-0.1, -0.05) is 6.42 Å². The highest BCUT2D eigenvalue weighted by molar-refractivity contribution is 6.01. The van der Waals surface area contributed by atoms with E-state index in [1.165, 1.54) is 23.1 Å². The highest BCUT2D eigenvalue weighted by atomic mass is 19.1. The maximum atomic E-state index is 14.1. The molecule has 2 atom stereocenters. The molecule has 3 amide bonds. The highest BCUT2D eigenvalue weighted by Gasteiger charge is 2.42. The summed E-state index contributed by atoms with van der Waals surface area (Å²) in [5.74, 6) is -0.398. The first-order chi connectivity index (χ1) is 16.0. The van der Waals surface area contributed by atoms with Crippen molar-refractivity contribution < 1.29 is 18.4 Å². The van der Waals surface area contributed by atoms with E-state index < -0.39 is 0 Å². The largest absolute Gasteiger partial charge is 0.336 e. The Hall–Kier alpha value is -3.00. The van der Waals surface area contributed by atoms with Gasteiger partial charge < -0.3 is 15.1 Å². The van der Waals surface area contributed by atoms with Crippen LogP contribution in [0, 0.1) is 11.6 Å². The lowest BCUT2D eigenvalue weighted by atomic mass is 9.88. The molecule has 174 valence electrons. The van der Waals surface area contributed by atoms with Gasteiger partial charge in [-0.05, 0) is 80.4 Å². The Bertz CT molecular complexity index is 1030. The third-order valence-electron chi connectivity index (χ3n) is 7.04. The first-order valence-corrected chi connectivity index (χ1v) is 11.7. The van der Waals surface area contributed by atoms with Crippen molar-refractivity contribution in [2.24, 2.45) is 0 Å². The van der Waals surface area contributed by atoms with Gasteiger partial charge in [0.2, 0.25) is 5.91 Å². The third-order valence-corrected chi connectivity index (χ3v) is 7.04. The van der Waals surface area contributed by atoms with Crippen LogP contribution in [0.5, 0.6) is 0 Å². The predicted molar refractivity (Wildman–Crippen MR) is 121 cm³/mol. The first-order valence-electron chi connectivity index (χ1n) is 11.7. The zero-order chi connectivity index (χ0) is 22.9. The lowest BCUT2D eigenvalue weighted by Gasteiger charge is -2.39. The Balaban J connectivity index is 1.22. The number of carbonyl (C=O) groups is 2. The van der Waals surface area contributed by atoms with E-state index >= 15 is 0 Å². The van der Waals surface area contributed by atoms with E-state index in [1.54, 1.807) is 18.2 Å². The van der Waals surface area contributed by atoms with Gasteiger partial charge >= 0.3 is 6.03 Å². The van der Waals surface area contributed by atoms with Crippen LogP contribution in [0.15, 0.2) is 42.5 Å². The minimum Gasteiger partial charge on any atom is -0.336 e. The molecule has 33 heavy (non-hydrogen) atoms. The quantitative estimate of drug-likeness (QED) is 0.508. The summed E-state index contributed by atoms with van der Waals surface area (Å²) in [6.45, 7) is 3.30. The molecule has 3 aliphatic rings. The molecule has 0 bridgehead atoms. The molecule has 8 heteroatoms. The van der Waals surface area contributed by atoms with Crippen molar-refractivity contribution >= 4 is 23.3 Å². The van der Waals surface area contributed by atoms with E-state index in [2.05, 4.69) is 15.1 Å². The first kappa shape index (κ1) is 21.8. The number of likely N-dealkylation sites (tertiary alicyclic amines) is 1. The fourth-order valence-electron chi connectivity index (χ4n) is 5.44. The minimum atomic E-state index is -0.291. The standard InChI is InChI=1S/C25H28F2N4O2/c26-17-4-7-19(8-5-17)31-22-9-6-18(27)14-21(22)20-10-13-29(16-23(20)31)11-2-1-3-12-30-24(32)15-28-25(30)33/h4-9,14,20,23H,1-3,10-13,15-16H2,(H,28,33)/t20-,23+/m1/s1. The SMILES string of the molecule is O=C1CNC(=O)N1CCCCCN1CC[C@@H]2c3cc(F)ccc3N(c3ccc(F)cc3)[C@H]2C1. The van der Waals surface area contributed by atoms with Crippen molar-refractivity contribution in [1.82, 2.24) is 15.1 Å². The molecule has 1 N–H and O–H groups in total. The number of anilines is 2. The molecule has 6 nitrogen and oxygen atoms in total. The number of carbonyl (C=O) groups excluding carboxylic acids is 2. The smallest absolute Gasteiger partial charge is 0.324 e. The third kappa shape index (κ3) is 4.31. The molecular formula is C25H28F2N4O2. The van der Waals surface area contributed by atoms with Crippen LogP contribution in [0.1, 0.15) is 37.2 Å². The van der Waals surface area contributed by atoms with Gasteiger partial charge in [-0.3, -0.25) is 9.69 Å². The van der Waals surface area contributed by atoms with Crippen molar-refractivity contribution in [2.75, 3.05) is 37.6 Å². The number of fused-ring (bicyclic) bond motifs is 3. The van der Waals surface area contributed by atoms with E-state index in [0.717, 1.165) is 62.3 Å². The Morgan fingerprint density at radius 1 is 0.939 bits per heavy atom. The molecule has 0 radical (unpaired) electrons. The molecule has 0 saturated carbocycles. The van der Waals surface area contributed by atoms with Crippen LogP contribution in [-0.2, 0) is 4.79 Å². The number of piperidine rings is 1. The Morgan fingerprint density at radius 3 is 2.45 bits per heavy atom. The summed E-state index contributed by atoms with van der Waals surface area (Å²) in [5.41, 5.74) is 2.97. The van der Waals surface area contributed by atoms with Crippen molar-refractivity contribution in [3.8, 4) is 0 Å². The number of halogens is 2. The van der Waals surface area contributed by atoms with Crippen LogP contribution < -0.4 is 10.2 Å². The fourth-order valence-corrected chi connectivity index (χ4v) is 5.44. The summed E-state index contributed by atoms with van der Waals surface area (Å²) < 4.78 is 27.6. The summed E-state index contributed by atoms with van der Waals surface area (Å²) in [7, 11) is 0. The summed E-state index contributed by atoms with van der Waals surface area (Å²) in [6.07, 6.45) is 3.67. The van der Waals surface area contributed by atoms with Crippen molar-refractivity contribution in [3.05, 3.63) is 59.7 Å². The van der Waals surface area contributed by atoms with Crippen LogP contribution in [0.4, 0.5) is 25.0 Å². The molecule has 0 aliphatic carbocycles. The van der Waals surface area contributed by atoms with Crippen LogP contribution >= 0.6 is 0 Å². The molecule has 2 aromatic carbocycles. The maximum absolute atomic E-state index is 14.1. The van der Waals surface area contributed by atoms with Crippen LogP contribution in [0.25, 0.3) is 0 Å². The Kier molecular flexibility index (Phi) is 6.01. The fraction of sp³-hybridized carbons (Fsp3) is 0.440. The molecule has 2 fully saturated rings. The maximum Gasteiger partial charge on any atom is 0.324 e. The normalized spacial score (nSPS) is 22.5. The number of amides is 3. The molecule has 3 heterocycles. The number of benzene rings is 2. The molecule has 3 aliphatic heterocycles. The van der Waals surface area contributed by atoms with Crippen molar-refractivity contribution in [3.63, 3.8) is 0 Å². The summed E-state index contributed by atoms with van der Waals surface area (Å²) in [5, 5.41) is 2.55. The van der Waals surface area contributed by atoms with Gasteiger partial charge in [-0.25, -0.2) is 13.6 Å². The lowest BCUT2D eigenvalue weighted by Crippen LogP contribution is -2.47. The number of hydrogen-bond acceptors (Lipinski definition) is 4. The molecule has 0 unspecified atom stereocenters. The second kappa shape index (κ2) is 9.09. The zero-order valence-electron chi connectivity index (χ0n) is 18.5. The topological polar surface area (TPSA) is 55.9 Å². The van der Waals surface area contributed by atoms with Crippen molar-refractivity contribution in [1.29, 1.82) is 0 Å². The lowest BCUT2D eigenvalue weighted by molar-refractivity contribution is -0.125. The molecule has 2 saturated heterocycles. The summed E-state index contributed by atoms with van der Waals surface area (Å²) in [4.78, 5) is 29.3. The zero-order valence-corrected chi connectivity index (χ0v) is 18.5. The summed E-state index contributed by atoms with van der Waals surface area (Å²) in [6, 6.07) is 11.4. The number of rotatable bonds is 7. The van der Waals surface area contributed by atoms with E-state index in [-0.39, 0.29) is 42.1 Å². The Labute approximate surface area is 192 Å². The minimum absolute atomic E-state index is 0.103. The average Bonchev–Trinajstić information content (AvgIpc) is 3.30. The van der Waals surface area contributed by atoms with E-state index in [0.29, 0.717) is 6.54 Å². The van der Waals surface area contributed by atoms with E-state index in [4.69, 9.17) is 0 Å². The van der Waals surface area contributed by atoms with Crippen LogP contribution in [0.2, 0.25) is 0 Å². The number of nitrogens with one attached hydrogen (secondary N) is 1. The predicted octanol–water partition coefficient (Wildman–Crippen LogP) is 4.00. The van der Waals surface area contributed by atoms with Gasteiger partial charge in [0.15, 0.2) is 0 Å². The second-order valence-corrected chi connectivity index (χ2v) is 9.08. The summed E-state index contributed by atoms with van der Waals surface area (Å²) >= 11 is 0. The number of imide groups is 1. The number of unbranched alkanes of at least 4 members (excludes halogenated alkanes) is 2. The van der Waals surface area contributed by atoms with Gasteiger partial charge in [-0.15, -0.1) is 0 Å². The molecule has 2 aromatic rings. The van der Waals surface area contributed by atoms with Gasteiger partial charge in [-0.2, -0.15) is 0 Å². The second-order valence-electron chi connectivity index (χ2n) is 9.08. The molecule has 0 aromatic heterocycles. The number of nitrogens with zero attached hydrogens (tertiary/aromatic N) is 3. The molecular weight excluding hydrogens is 426 g/mol. The van der Waals surface area contributed by atoms with Gasteiger partial charge in [0.1, 0.15) is 11.6 Å². The van der Waals surface area contributed by atoms with Crippen molar-refractivity contribution in [2.45, 2.75) is 37.6 Å².